The lowest BCUT2D eigenvalue weighted by Crippen LogP contribution is -2.47. The topological polar surface area (TPSA) is 63.4 Å². The Hall–Kier alpha value is -1.07. The number of benzene rings is 1. The Morgan fingerprint density at radius 3 is 2.74 bits per heavy atom. The number of sulfonamides is 1. The zero-order chi connectivity index (χ0) is 13.5. The molecule has 3 rings (SSSR count). The molecule has 2 N–H and O–H groups in total. The van der Waals surface area contributed by atoms with Crippen LogP contribution in [0.25, 0.3) is 0 Å². The van der Waals surface area contributed by atoms with Gasteiger partial charge in [-0.25, -0.2) is 8.42 Å². The average molecular weight is 280 g/mol. The van der Waals surface area contributed by atoms with E-state index in [9.17, 15) is 8.42 Å². The minimum Gasteiger partial charge on any atom is -0.326 e. The third-order valence-electron chi connectivity index (χ3n) is 3.96. The highest BCUT2D eigenvalue weighted by atomic mass is 32.2. The van der Waals surface area contributed by atoms with Crippen LogP contribution in [0.4, 0.5) is 5.69 Å². The Morgan fingerprint density at radius 2 is 2.00 bits per heavy atom. The molecular weight excluding hydrogens is 260 g/mol. The molecule has 0 radical (unpaired) electrons. The number of hydrogen-bond acceptors (Lipinski definition) is 3. The molecule has 0 amide bonds. The third kappa shape index (κ3) is 2.77. The second-order valence-corrected chi connectivity index (χ2v) is 7.68. The van der Waals surface area contributed by atoms with E-state index in [1.807, 2.05) is 24.3 Å². The van der Waals surface area contributed by atoms with Crippen LogP contribution in [0.15, 0.2) is 24.3 Å². The highest BCUT2D eigenvalue weighted by molar-refractivity contribution is 7.92. The third-order valence-corrected chi connectivity index (χ3v) is 5.73. The summed E-state index contributed by atoms with van der Waals surface area (Å²) in [5, 5.41) is 0. The standard InChI is InChI=1S/C14H20N2O2S/c15-13-9-12-3-1-2-4-14(12)16(10-13)19(17,18)8-7-11-5-6-11/h1-4,11,13H,5-10,15H2. The van der Waals surface area contributed by atoms with Crippen molar-refractivity contribution in [1.29, 1.82) is 0 Å². The van der Waals surface area contributed by atoms with Gasteiger partial charge in [-0.1, -0.05) is 31.0 Å². The molecule has 1 aliphatic heterocycles. The molecule has 19 heavy (non-hydrogen) atoms. The van der Waals surface area contributed by atoms with Crippen molar-refractivity contribution in [3.63, 3.8) is 0 Å². The van der Waals surface area contributed by atoms with Crippen LogP contribution in [0.1, 0.15) is 24.8 Å². The number of para-hydroxylation sites is 1. The monoisotopic (exact) mass is 280 g/mol. The second-order valence-electron chi connectivity index (χ2n) is 5.67. The van der Waals surface area contributed by atoms with Crippen LogP contribution < -0.4 is 10.0 Å². The number of nitrogens with zero attached hydrogens (tertiary/aromatic N) is 1. The van der Waals surface area contributed by atoms with E-state index in [1.54, 1.807) is 0 Å². The summed E-state index contributed by atoms with van der Waals surface area (Å²) >= 11 is 0. The highest BCUT2D eigenvalue weighted by Crippen LogP contribution is 2.34. The van der Waals surface area contributed by atoms with Gasteiger partial charge in [0.1, 0.15) is 0 Å². The first-order valence-corrected chi connectivity index (χ1v) is 8.51. The molecule has 4 nitrogen and oxygen atoms in total. The maximum absolute atomic E-state index is 12.5. The van der Waals surface area contributed by atoms with Crippen LogP contribution in [-0.4, -0.2) is 26.8 Å². The van der Waals surface area contributed by atoms with E-state index < -0.39 is 10.0 Å². The lowest BCUT2D eigenvalue weighted by Gasteiger charge is -2.33. The molecular formula is C14H20N2O2S. The van der Waals surface area contributed by atoms with E-state index in [0.29, 0.717) is 12.5 Å². The maximum Gasteiger partial charge on any atom is 0.235 e. The molecule has 1 unspecified atom stereocenters. The van der Waals surface area contributed by atoms with Gasteiger partial charge < -0.3 is 5.73 Å². The quantitative estimate of drug-likeness (QED) is 0.909. The van der Waals surface area contributed by atoms with Gasteiger partial charge in [-0.3, -0.25) is 4.31 Å². The predicted octanol–water partition coefficient (Wildman–Crippen LogP) is 1.51. The highest BCUT2D eigenvalue weighted by Gasteiger charge is 2.32. The average Bonchev–Trinajstić information content (AvgIpc) is 3.19. The van der Waals surface area contributed by atoms with Crippen molar-refractivity contribution in [2.45, 2.75) is 31.7 Å². The Kier molecular flexibility index (Phi) is 3.27. The van der Waals surface area contributed by atoms with Crippen LogP contribution in [0, 0.1) is 5.92 Å². The van der Waals surface area contributed by atoms with E-state index in [2.05, 4.69) is 0 Å². The van der Waals surface area contributed by atoms with E-state index in [-0.39, 0.29) is 11.8 Å². The molecule has 1 fully saturated rings. The van der Waals surface area contributed by atoms with Gasteiger partial charge in [-0.05, 0) is 30.4 Å². The molecule has 104 valence electrons. The van der Waals surface area contributed by atoms with Crippen molar-refractivity contribution in [1.82, 2.24) is 0 Å². The summed E-state index contributed by atoms with van der Waals surface area (Å²) in [4.78, 5) is 0. The van der Waals surface area contributed by atoms with Crippen LogP contribution in [-0.2, 0) is 16.4 Å². The predicted molar refractivity (Wildman–Crippen MR) is 76.6 cm³/mol. The van der Waals surface area contributed by atoms with Gasteiger partial charge in [-0.15, -0.1) is 0 Å². The molecule has 1 heterocycles. The molecule has 0 spiro atoms. The summed E-state index contributed by atoms with van der Waals surface area (Å²) in [6, 6.07) is 7.57. The smallest absolute Gasteiger partial charge is 0.235 e. The van der Waals surface area contributed by atoms with Crippen LogP contribution in [0.2, 0.25) is 0 Å². The second kappa shape index (κ2) is 4.80. The Labute approximate surface area is 114 Å². The van der Waals surface area contributed by atoms with Gasteiger partial charge in [0, 0.05) is 12.6 Å². The SMILES string of the molecule is NC1Cc2ccccc2N(S(=O)(=O)CCC2CC2)C1. The van der Waals surface area contributed by atoms with E-state index in [4.69, 9.17) is 5.73 Å². The van der Waals surface area contributed by atoms with E-state index in [0.717, 1.165) is 24.1 Å². The number of hydrogen-bond donors (Lipinski definition) is 1. The van der Waals surface area contributed by atoms with Crippen molar-refractivity contribution in [2.24, 2.45) is 11.7 Å². The molecule has 2 aliphatic rings. The normalized spacial score (nSPS) is 23.2. The summed E-state index contributed by atoms with van der Waals surface area (Å²) in [6.45, 7) is 0.407. The van der Waals surface area contributed by atoms with Crippen molar-refractivity contribution in [3.8, 4) is 0 Å². The number of fused-ring (bicyclic) bond motifs is 1. The zero-order valence-electron chi connectivity index (χ0n) is 11.0. The fraction of sp³-hybridized carbons (Fsp3) is 0.571. The lowest BCUT2D eigenvalue weighted by molar-refractivity contribution is 0.570. The van der Waals surface area contributed by atoms with Crippen molar-refractivity contribution in [2.75, 3.05) is 16.6 Å². The minimum atomic E-state index is -3.23. The van der Waals surface area contributed by atoms with E-state index >= 15 is 0 Å². The summed E-state index contributed by atoms with van der Waals surface area (Å²) < 4.78 is 26.5. The number of nitrogens with two attached hydrogens (primary N) is 1. The van der Waals surface area contributed by atoms with Crippen molar-refractivity contribution in [3.05, 3.63) is 29.8 Å². The summed E-state index contributed by atoms with van der Waals surface area (Å²) in [5.74, 6) is 0.877. The van der Waals surface area contributed by atoms with Gasteiger partial charge in [0.2, 0.25) is 10.0 Å². The molecule has 1 aromatic rings. The number of anilines is 1. The first-order chi connectivity index (χ1) is 9.06. The van der Waals surface area contributed by atoms with Gasteiger partial charge in [-0.2, -0.15) is 0 Å². The lowest BCUT2D eigenvalue weighted by atomic mass is 10.0. The maximum atomic E-state index is 12.5. The van der Waals surface area contributed by atoms with Gasteiger partial charge in [0.15, 0.2) is 0 Å². The molecule has 1 aliphatic carbocycles. The summed E-state index contributed by atoms with van der Waals surface area (Å²) in [5.41, 5.74) is 7.86. The Balaban J connectivity index is 1.86. The molecule has 0 bridgehead atoms. The van der Waals surface area contributed by atoms with Gasteiger partial charge in [0.05, 0.1) is 11.4 Å². The Morgan fingerprint density at radius 1 is 1.26 bits per heavy atom. The first kappa shape index (κ1) is 12.9. The molecule has 5 heteroatoms. The largest absolute Gasteiger partial charge is 0.326 e. The van der Waals surface area contributed by atoms with Crippen molar-refractivity contribution >= 4 is 15.7 Å². The van der Waals surface area contributed by atoms with Gasteiger partial charge >= 0.3 is 0 Å². The summed E-state index contributed by atoms with van der Waals surface area (Å²) in [7, 11) is -3.23. The molecule has 1 saturated carbocycles. The van der Waals surface area contributed by atoms with Crippen LogP contribution >= 0.6 is 0 Å². The molecule has 0 aromatic heterocycles. The Bertz CT molecular complexity index is 567. The first-order valence-electron chi connectivity index (χ1n) is 6.90. The van der Waals surface area contributed by atoms with Crippen LogP contribution in [0.5, 0.6) is 0 Å². The number of rotatable bonds is 4. The molecule has 0 saturated heterocycles. The molecule has 1 atom stereocenters. The van der Waals surface area contributed by atoms with Gasteiger partial charge in [0.25, 0.3) is 0 Å². The fourth-order valence-corrected chi connectivity index (χ4v) is 4.43. The summed E-state index contributed by atoms with van der Waals surface area (Å²) in [6.07, 6.45) is 3.91. The van der Waals surface area contributed by atoms with Crippen molar-refractivity contribution < 1.29 is 8.42 Å². The molecule has 1 aromatic carbocycles. The fourth-order valence-electron chi connectivity index (χ4n) is 2.68. The minimum absolute atomic E-state index is 0.106. The van der Waals surface area contributed by atoms with E-state index in [1.165, 1.54) is 17.1 Å². The zero-order valence-corrected chi connectivity index (χ0v) is 11.8. The van der Waals surface area contributed by atoms with Crippen LogP contribution in [0.3, 0.4) is 0 Å².